The molecule has 0 aliphatic rings. The van der Waals surface area contributed by atoms with Gasteiger partial charge in [0.1, 0.15) is 0 Å². The Balaban J connectivity index is 3.99. The van der Waals surface area contributed by atoms with Crippen LogP contribution < -0.4 is 0 Å². The predicted octanol–water partition coefficient (Wildman–Crippen LogP) is 2.62. The van der Waals surface area contributed by atoms with Crippen molar-refractivity contribution in [2.24, 2.45) is 0 Å². The Morgan fingerprint density at radius 3 is 2.07 bits per heavy atom. The van der Waals surface area contributed by atoms with Crippen LogP contribution in [0.3, 0.4) is 0 Å². The molecule has 3 heteroatoms. The van der Waals surface area contributed by atoms with Gasteiger partial charge in [0.05, 0.1) is 13.2 Å². The first kappa shape index (κ1) is 14.4. The number of aliphatic hydroxyl groups is 1. The smallest absolute Gasteiger partial charge is 0.280 e. The molecule has 0 amide bonds. The molecule has 0 spiro atoms. The van der Waals surface area contributed by atoms with Gasteiger partial charge in [0.2, 0.25) is 0 Å². The Morgan fingerprint density at radius 2 is 1.67 bits per heavy atom. The van der Waals surface area contributed by atoms with Crippen molar-refractivity contribution in [2.45, 2.75) is 38.6 Å². The summed E-state index contributed by atoms with van der Waals surface area (Å²) in [6.45, 7) is 9.72. The van der Waals surface area contributed by atoms with E-state index < -0.39 is 5.97 Å². The van der Waals surface area contributed by atoms with E-state index in [2.05, 4.69) is 20.1 Å². The summed E-state index contributed by atoms with van der Waals surface area (Å²) in [5.41, 5.74) is 0. The van der Waals surface area contributed by atoms with Crippen LogP contribution in [-0.2, 0) is 9.47 Å². The average molecular weight is 214 g/mol. The topological polar surface area (TPSA) is 38.7 Å². The summed E-state index contributed by atoms with van der Waals surface area (Å²) < 4.78 is 10.4. The van der Waals surface area contributed by atoms with Gasteiger partial charge in [0.15, 0.2) is 0 Å². The third-order valence-electron chi connectivity index (χ3n) is 1.95. The highest BCUT2D eigenvalue weighted by Gasteiger charge is 2.27. The lowest BCUT2D eigenvalue weighted by atomic mass is 10.2. The minimum absolute atomic E-state index is 0.278. The SMILES string of the molecule is C=CCOC(O)(CCCCC)OCC=C. The third kappa shape index (κ3) is 7.31. The Labute approximate surface area is 92.4 Å². The zero-order valence-corrected chi connectivity index (χ0v) is 9.58. The molecule has 0 radical (unpaired) electrons. The summed E-state index contributed by atoms with van der Waals surface area (Å²) in [7, 11) is 0. The molecule has 0 aliphatic carbocycles. The van der Waals surface area contributed by atoms with Gasteiger partial charge in [-0.05, 0) is 6.42 Å². The molecule has 1 N–H and O–H groups in total. The van der Waals surface area contributed by atoms with Gasteiger partial charge in [0, 0.05) is 6.42 Å². The number of unbranched alkanes of at least 4 members (excludes halogenated alkanes) is 2. The van der Waals surface area contributed by atoms with Crippen LogP contribution in [0.2, 0.25) is 0 Å². The van der Waals surface area contributed by atoms with Gasteiger partial charge in [-0.1, -0.05) is 31.9 Å². The van der Waals surface area contributed by atoms with Crippen molar-refractivity contribution in [3.05, 3.63) is 25.3 Å². The van der Waals surface area contributed by atoms with E-state index in [1.54, 1.807) is 12.2 Å². The maximum Gasteiger partial charge on any atom is 0.280 e. The van der Waals surface area contributed by atoms with Gasteiger partial charge >= 0.3 is 0 Å². The summed E-state index contributed by atoms with van der Waals surface area (Å²) in [5.74, 6) is -1.49. The van der Waals surface area contributed by atoms with Crippen LogP contribution in [0.25, 0.3) is 0 Å². The van der Waals surface area contributed by atoms with Crippen molar-refractivity contribution in [3.8, 4) is 0 Å². The van der Waals surface area contributed by atoms with E-state index in [1.807, 2.05) is 0 Å². The second-order valence-electron chi connectivity index (χ2n) is 3.37. The van der Waals surface area contributed by atoms with Crippen molar-refractivity contribution >= 4 is 0 Å². The highest BCUT2D eigenvalue weighted by molar-refractivity contribution is 4.69. The lowest BCUT2D eigenvalue weighted by Gasteiger charge is -2.27. The van der Waals surface area contributed by atoms with E-state index in [0.717, 1.165) is 19.3 Å². The van der Waals surface area contributed by atoms with Crippen molar-refractivity contribution < 1.29 is 14.6 Å². The fraction of sp³-hybridized carbons (Fsp3) is 0.667. The molecule has 15 heavy (non-hydrogen) atoms. The maximum absolute atomic E-state index is 9.96. The second-order valence-corrected chi connectivity index (χ2v) is 3.37. The molecular formula is C12H22O3. The monoisotopic (exact) mass is 214 g/mol. The molecule has 0 aliphatic heterocycles. The van der Waals surface area contributed by atoms with Crippen LogP contribution in [0, 0.1) is 0 Å². The van der Waals surface area contributed by atoms with Gasteiger partial charge in [-0.15, -0.1) is 13.2 Å². The lowest BCUT2D eigenvalue weighted by Crippen LogP contribution is -2.36. The van der Waals surface area contributed by atoms with Crippen LogP contribution in [0.1, 0.15) is 32.6 Å². The average Bonchev–Trinajstić information content (AvgIpc) is 2.24. The summed E-state index contributed by atoms with van der Waals surface area (Å²) in [5, 5.41) is 9.96. The number of hydrogen-bond acceptors (Lipinski definition) is 3. The fourth-order valence-corrected chi connectivity index (χ4v) is 1.16. The van der Waals surface area contributed by atoms with Crippen LogP contribution in [0.15, 0.2) is 25.3 Å². The standard InChI is InChI=1S/C12H22O3/c1-4-7-8-9-12(13,14-10-5-2)15-11-6-3/h5-6,13H,2-4,7-11H2,1H3. The fourth-order valence-electron chi connectivity index (χ4n) is 1.16. The highest BCUT2D eigenvalue weighted by atomic mass is 16.8. The van der Waals surface area contributed by atoms with E-state index >= 15 is 0 Å². The molecule has 0 aromatic heterocycles. The first-order valence-corrected chi connectivity index (χ1v) is 5.40. The normalized spacial score (nSPS) is 11.3. The minimum Gasteiger partial charge on any atom is -0.343 e. The largest absolute Gasteiger partial charge is 0.343 e. The number of ether oxygens (including phenoxy) is 2. The van der Waals surface area contributed by atoms with Crippen LogP contribution in [0.4, 0.5) is 0 Å². The van der Waals surface area contributed by atoms with Crippen molar-refractivity contribution in [1.82, 2.24) is 0 Å². The van der Waals surface area contributed by atoms with Gasteiger partial charge in [-0.2, -0.15) is 0 Å². The Kier molecular flexibility index (Phi) is 8.28. The van der Waals surface area contributed by atoms with Gasteiger partial charge in [0.25, 0.3) is 5.97 Å². The van der Waals surface area contributed by atoms with Gasteiger partial charge < -0.3 is 14.6 Å². The van der Waals surface area contributed by atoms with Crippen molar-refractivity contribution in [3.63, 3.8) is 0 Å². The van der Waals surface area contributed by atoms with Crippen LogP contribution >= 0.6 is 0 Å². The summed E-state index contributed by atoms with van der Waals surface area (Å²) in [6, 6.07) is 0. The quantitative estimate of drug-likeness (QED) is 0.345. The molecular weight excluding hydrogens is 192 g/mol. The first-order valence-electron chi connectivity index (χ1n) is 5.40. The zero-order chi connectivity index (χ0) is 11.6. The first-order chi connectivity index (χ1) is 7.18. The molecule has 0 rings (SSSR count). The van der Waals surface area contributed by atoms with Crippen molar-refractivity contribution in [2.75, 3.05) is 13.2 Å². The van der Waals surface area contributed by atoms with Crippen LogP contribution in [0.5, 0.6) is 0 Å². The maximum atomic E-state index is 9.96. The van der Waals surface area contributed by atoms with Crippen LogP contribution in [-0.4, -0.2) is 24.3 Å². The molecule has 0 unspecified atom stereocenters. The molecule has 0 fully saturated rings. The van der Waals surface area contributed by atoms with Gasteiger partial charge in [-0.25, -0.2) is 0 Å². The van der Waals surface area contributed by atoms with E-state index in [1.165, 1.54) is 0 Å². The predicted molar refractivity (Wildman–Crippen MR) is 61.4 cm³/mol. The Hall–Kier alpha value is -0.640. The van der Waals surface area contributed by atoms with E-state index in [9.17, 15) is 5.11 Å². The van der Waals surface area contributed by atoms with Crippen molar-refractivity contribution in [1.29, 1.82) is 0 Å². The van der Waals surface area contributed by atoms with Gasteiger partial charge in [-0.3, -0.25) is 0 Å². The summed E-state index contributed by atoms with van der Waals surface area (Å²) >= 11 is 0. The molecule has 0 heterocycles. The summed E-state index contributed by atoms with van der Waals surface area (Å²) in [6.07, 6.45) is 6.67. The molecule has 0 saturated carbocycles. The number of rotatable bonds is 10. The number of hydrogen-bond donors (Lipinski definition) is 1. The van der Waals surface area contributed by atoms with E-state index in [0.29, 0.717) is 6.42 Å². The highest BCUT2D eigenvalue weighted by Crippen LogP contribution is 2.18. The minimum atomic E-state index is -1.49. The molecule has 0 aromatic carbocycles. The lowest BCUT2D eigenvalue weighted by molar-refractivity contribution is -0.356. The third-order valence-corrected chi connectivity index (χ3v) is 1.95. The van der Waals surface area contributed by atoms with E-state index in [4.69, 9.17) is 9.47 Å². The zero-order valence-electron chi connectivity index (χ0n) is 9.58. The Morgan fingerprint density at radius 1 is 1.13 bits per heavy atom. The molecule has 0 bridgehead atoms. The molecule has 0 saturated heterocycles. The Bertz CT molecular complexity index is 166. The summed E-state index contributed by atoms with van der Waals surface area (Å²) in [4.78, 5) is 0. The molecule has 3 nitrogen and oxygen atoms in total. The molecule has 0 atom stereocenters. The molecule has 0 aromatic rings. The molecule has 88 valence electrons. The van der Waals surface area contributed by atoms with E-state index in [-0.39, 0.29) is 13.2 Å². The second kappa shape index (κ2) is 8.65.